The van der Waals surface area contributed by atoms with E-state index in [2.05, 4.69) is 26.6 Å². The summed E-state index contributed by atoms with van der Waals surface area (Å²) in [5.41, 5.74) is 6.62. The zero-order valence-electron chi connectivity index (χ0n) is 31.0. The number of hydrogen-bond acceptors (Lipinski definition) is 9. The van der Waals surface area contributed by atoms with Crippen molar-refractivity contribution in [1.82, 2.24) is 34.2 Å². The number of nitrogens with one attached hydrogen (secondary N) is 2. The highest BCUT2D eigenvalue weighted by molar-refractivity contribution is 6.36. The molecule has 54 heavy (non-hydrogen) atoms. The predicted octanol–water partition coefficient (Wildman–Crippen LogP) is 5.18. The molecule has 0 radical (unpaired) electrons. The number of benzene rings is 2. The molecule has 2 aromatic carbocycles. The lowest BCUT2D eigenvalue weighted by atomic mass is 9.96. The number of halogens is 1. The minimum absolute atomic E-state index is 0.0232. The zero-order valence-corrected chi connectivity index (χ0v) is 31.8. The van der Waals surface area contributed by atoms with E-state index in [9.17, 15) is 14.4 Å². The molecule has 2 N–H and O–H groups in total. The van der Waals surface area contributed by atoms with Gasteiger partial charge in [-0.15, -0.1) is 0 Å². The van der Waals surface area contributed by atoms with Gasteiger partial charge in [0.2, 0.25) is 5.88 Å². The number of likely N-dealkylation sites (tertiary alicyclic amines) is 1. The molecule has 2 fully saturated rings. The van der Waals surface area contributed by atoms with Gasteiger partial charge in [-0.2, -0.15) is 0 Å². The molecule has 2 atom stereocenters. The van der Waals surface area contributed by atoms with E-state index < -0.39 is 11.2 Å². The Balaban J connectivity index is 1.09. The Kier molecular flexibility index (Phi) is 9.19. The summed E-state index contributed by atoms with van der Waals surface area (Å²) in [7, 11) is 6.42. The van der Waals surface area contributed by atoms with E-state index in [1.807, 2.05) is 48.2 Å². The highest BCUT2D eigenvalue weighted by atomic mass is 35.5. The van der Waals surface area contributed by atoms with E-state index in [0.717, 1.165) is 76.1 Å². The maximum absolute atomic E-state index is 13.2. The molecule has 3 aliphatic rings. The van der Waals surface area contributed by atoms with Gasteiger partial charge in [0, 0.05) is 82.0 Å². The Morgan fingerprint density at radius 3 is 2.59 bits per heavy atom. The summed E-state index contributed by atoms with van der Waals surface area (Å²) in [5, 5.41) is 7.53. The van der Waals surface area contributed by atoms with Crippen LogP contribution < -0.4 is 26.6 Å². The van der Waals surface area contributed by atoms with E-state index in [4.69, 9.17) is 26.1 Å². The second kappa shape index (κ2) is 13.9. The molecule has 13 nitrogen and oxygen atoms in total. The molecule has 3 aromatic heterocycles. The second-order valence-corrected chi connectivity index (χ2v) is 14.9. The molecule has 0 bridgehead atoms. The number of aryl methyl sites for hydroxylation is 2. The predicted molar refractivity (Wildman–Crippen MR) is 209 cm³/mol. The molecular weight excluding hydrogens is 708 g/mol. The highest BCUT2D eigenvalue weighted by Gasteiger charge is 2.49. The minimum atomic E-state index is -0.423. The molecule has 2 amide bonds. The van der Waals surface area contributed by atoms with Gasteiger partial charge in [-0.1, -0.05) is 41.9 Å². The average molecular weight is 751 g/mol. The summed E-state index contributed by atoms with van der Waals surface area (Å²) < 4.78 is 13.7. The number of ether oxygens (including phenoxy) is 2. The van der Waals surface area contributed by atoms with Crippen molar-refractivity contribution in [1.29, 1.82) is 0 Å². The van der Waals surface area contributed by atoms with Crippen molar-refractivity contribution in [2.45, 2.75) is 37.8 Å². The first-order valence-corrected chi connectivity index (χ1v) is 18.5. The minimum Gasteiger partial charge on any atom is -0.481 e. The number of hydrogen-bond donors (Lipinski definition) is 2. The van der Waals surface area contributed by atoms with E-state index in [0.29, 0.717) is 47.3 Å². The molecule has 0 unspecified atom stereocenters. The summed E-state index contributed by atoms with van der Waals surface area (Å²) in [4.78, 5) is 52.4. The first-order valence-electron chi connectivity index (χ1n) is 18.1. The number of aromatic nitrogens is 4. The van der Waals surface area contributed by atoms with Crippen molar-refractivity contribution in [3.05, 3.63) is 97.3 Å². The van der Waals surface area contributed by atoms with Crippen molar-refractivity contribution in [3.63, 3.8) is 0 Å². The first kappa shape index (κ1) is 35.8. The van der Waals surface area contributed by atoms with E-state index in [-0.39, 0.29) is 17.6 Å². The number of rotatable bonds is 9. The zero-order chi connectivity index (χ0) is 37.9. The van der Waals surface area contributed by atoms with Crippen LogP contribution in [-0.2, 0) is 25.3 Å². The van der Waals surface area contributed by atoms with Gasteiger partial charge in [-0.05, 0) is 61.1 Å². The standard InChI is InChI=1S/C40H43ClN8O5/c1-23-25(8-7-11-28(23)43-35-33-30(14-16-42-35)46(2)39(52)47(3)37(33)50)26-9-6-10-27(34(26)41)29-20-24-12-13-31(32(24)36(44-29)54-5)48-17-15-40(21-48)22-49(18-19-53-4)38(51)45-40/h6-11,14,16,20,31H,12-13,15,17-19,21-22H2,1-5H3,(H,42,43)(H,45,51)/t31-,40-/m1/s1. The third kappa shape index (κ3) is 5.91. The van der Waals surface area contributed by atoms with Crippen molar-refractivity contribution in [2.75, 3.05) is 52.3 Å². The fourth-order valence-corrected chi connectivity index (χ4v) is 8.88. The molecule has 1 spiro atoms. The fraction of sp³-hybridized carbons (Fsp3) is 0.375. The average Bonchev–Trinajstić information content (AvgIpc) is 3.88. The molecule has 2 saturated heterocycles. The smallest absolute Gasteiger partial charge is 0.330 e. The molecule has 8 rings (SSSR count). The van der Waals surface area contributed by atoms with Crippen LogP contribution in [0.5, 0.6) is 5.88 Å². The number of fused-ring (bicyclic) bond motifs is 2. The summed E-state index contributed by atoms with van der Waals surface area (Å²) >= 11 is 7.27. The Hall–Kier alpha value is -5.24. The van der Waals surface area contributed by atoms with Crippen LogP contribution >= 0.6 is 11.6 Å². The number of carbonyl (C=O) groups excluding carboxylic acids is 1. The number of carbonyl (C=O) groups is 1. The van der Waals surface area contributed by atoms with Gasteiger partial charge in [0.15, 0.2) is 0 Å². The monoisotopic (exact) mass is 750 g/mol. The van der Waals surface area contributed by atoms with Crippen LogP contribution in [0.2, 0.25) is 5.02 Å². The SMILES string of the molecule is COCCN1C[C@]2(CCN([C@@H]3CCc4cc(-c5cccc(-c6cccc(Nc7nccc8c7c(=O)n(C)c(=O)n8C)c6C)c5Cl)nc(OC)c43)C2)NC1=O. The van der Waals surface area contributed by atoms with E-state index in [1.165, 1.54) is 17.2 Å². The Morgan fingerprint density at radius 1 is 1.02 bits per heavy atom. The van der Waals surface area contributed by atoms with E-state index >= 15 is 0 Å². The lowest BCUT2D eigenvalue weighted by Crippen LogP contribution is -2.46. The molecule has 1 aliphatic carbocycles. The largest absolute Gasteiger partial charge is 0.481 e. The number of pyridine rings is 2. The molecular formula is C40H43ClN8O5. The third-order valence-corrected chi connectivity index (χ3v) is 11.8. The number of nitrogens with zero attached hydrogens (tertiary/aromatic N) is 6. The third-order valence-electron chi connectivity index (χ3n) is 11.4. The fourth-order valence-electron chi connectivity index (χ4n) is 8.55. The quantitative estimate of drug-likeness (QED) is 0.209. The number of urea groups is 1. The number of methoxy groups -OCH3 is 2. The molecule has 14 heteroatoms. The van der Waals surface area contributed by atoms with Crippen molar-refractivity contribution < 1.29 is 14.3 Å². The highest BCUT2D eigenvalue weighted by Crippen LogP contribution is 2.46. The number of anilines is 2. The van der Waals surface area contributed by atoms with E-state index in [1.54, 1.807) is 33.5 Å². The van der Waals surface area contributed by atoms with Gasteiger partial charge in [0.1, 0.15) is 11.2 Å². The lowest BCUT2D eigenvalue weighted by Gasteiger charge is -2.28. The van der Waals surface area contributed by atoms with Crippen LogP contribution in [0.15, 0.2) is 64.3 Å². The molecule has 5 heterocycles. The Labute approximate surface area is 317 Å². The van der Waals surface area contributed by atoms with Gasteiger partial charge in [-0.25, -0.2) is 19.6 Å². The maximum Gasteiger partial charge on any atom is 0.330 e. The molecule has 0 saturated carbocycles. The van der Waals surface area contributed by atoms with Crippen molar-refractivity contribution in [3.8, 4) is 28.3 Å². The molecule has 2 aliphatic heterocycles. The van der Waals surface area contributed by atoms with Gasteiger partial charge >= 0.3 is 11.7 Å². The van der Waals surface area contributed by atoms with Gasteiger partial charge in [0.05, 0.1) is 35.5 Å². The topological polar surface area (TPSA) is 136 Å². The lowest BCUT2D eigenvalue weighted by molar-refractivity contribution is 0.158. The van der Waals surface area contributed by atoms with Crippen LogP contribution in [0.4, 0.5) is 16.3 Å². The van der Waals surface area contributed by atoms with Gasteiger partial charge < -0.3 is 25.0 Å². The first-order chi connectivity index (χ1) is 26.0. The van der Waals surface area contributed by atoms with Crippen molar-refractivity contribution in [2.24, 2.45) is 14.1 Å². The Bertz CT molecular complexity index is 2450. The normalized spacial score (nSPS) is 19.6. The van der Waals surface area contributed by atoms with Crippen LogP contribution in [0.25, 0.3) is 33.3 Å². The summed E-state index contributed by atoms with van der Waals surface area (Å²) in [6.45, 7) is 5.41. The van der Waals surface area contributed by atoms with Gasteiger partial charge in [-0.3, -0.25) is 18.8 Å². The van der Waals surface area contributed by atoms with Crippen LogP contribution in [0.1, 0.15) is 35.6 Å². The second-order valence-electron chi connectivity index (χ2n) is 14.5. The summed E-state index contributed by atoms with van der Waals surface area (Å²) in [6.07, 6.45) is 4.29. The number of amides is 2. The Morgan fingerprint density at radius 2 is 1.80 bits per heavy atom. The van der Waals surface area contributed by atoms with Crippen LogP contribution in [-0.4, -0.2) is 87.5 Å². The van der Waals surface area contributed by atoms with Crippen LogP contribution in [0, 0.1) is 6.92 Å². The summed E-state index contributed by atoms with van der Waals surface area (Å²) in [5.74, 6) is 0.955. The molecule has 280 valence electrons. The van der Waals surface area contributed by atoms with Gasteiger partial charge in [0.25, 0.3) is 5.56 Å². The summed E-state index contributed by atoms with van der Waals surface area (Å²) in [6, 6.07) is 15.7. The maximum atomic E-state index is 13.2. The molecule has 5 aromatic rings. The van der Waals surface area contributed by atoms with Crippen LogP contribution in [0.3, 0.4) is 0 Å². The van der Waals surface area contributed by atoms with Crippen molar-refractivity contribution >= 4 is 40.0 Å².